The van der Waals surface area contributed by atoms with Gasteiger partial charge >= 0.3 is 0 Å². The summed E-state index contributed by atoms with van der Waals surface area (Å²) in [7, 11) is 0. The van der Waals surface area contributed by atoms with E-state index in [0.29, 0.717) is 11.4 Å². The number of hydrogen-bond donors (Lipinski definition) is 0. The Morgan fingerprint density at radius 2 is 2.06 bits per heavy atom. The fourth-order valence-electron chi connectivity index (χ4n) is 1.88. The lowest BCUT2D eigenvalue weighted by atomic mass is 10.1. The van der Waals surface area contributed by atoms with E-state index in [9.17, 15) is 4.39 Å². The molecule has 1 rings (SSSR count). The molecule has 1 aromatic carbocycles. The van der Waals surface area contributed by atoms with Crippen molar-refractivity contribution in [2.45, 2.75) is 38.6 Å². The second kappa shape index (κ2) is 6.24. The van der Waals surface area contributed by atoms with Gasteiger partial charge in [-0.1, -0.05) is 22.9 Å². The van der Waals surface area contributed by atoms with Gasteiger partial charge in [0.15, 0.2) is 0 Å². The minimum atomic E-state index is -0.168. The number of anilines is 1. The Kier molecular flexibility index (Phi) is 5.26. The zero-order valence-corrected chi connectivity index (χ0v) is 11.7. The van der Waals surface area contributed by atoms with Crippen LogP contribution < -0.4 is 4.90 Å². The van der Waals surface area contributed by atoms with Crippen molar-refractivity contribution in [3.8, 4) is 0 Å². The Morgan fingerprint density at radius 1 is 1.38 bits per heavy atom. The number of benzene rings is 1. The standard InChI is InChI=1S/C13H19BrFN/c1-4-10(3)16(5-2)13-7-6-12(15)8-11(13)9-14/h6-8,10H,4-5,9H2,1-3H3. The largest absolute Gasteiger partial charge is 0.369 e. The first kappa shape index (κ1) is 13.5. The van der Waals surface area contributed by atoms with Crippen LogP contribution in [0.25, 0.3) is 0 Å². The molecule has 0 spiro atoms. The highest BCUT2D eigenvalue weighted by Crippen LogP contribution is 2.26. The van der Waals surface area contributed by atoms with Crippen LogP contribution in [-0.4, -0.2) is 12.6 Å². The third-order valence-electron chi connectivity index (χ3n) is 2.96. The van der Waals surface area contributed by atoms with Crippen molar-refractivity contribution in [2.75, 3.05) is 11.4 Å². The molecule has 1 nitrogen and oxygen atoms in total. The van der Waals surface area contributed by atoms with E-state index in [-0.39, 0.29) is 5.82 Å². The highest BCUT2D eigenvalue weighted by molar-refractivity contribution is 9.08. The fraction of sp³-hybridized carbons (Fsp3) is 0.538. The zero-order valence-electron chi connectivity index (χ0n) is 10.1. The van der Waals surface area contributed by atoms with E-state index in [2.05, 4.69) is 41.6 Å². The summed E-state index contributed by atoms with van der Waals surface area (Å²) in [5.41, 5.74) is 2.15. The van der Waals surface area contributed by atoms with Gasteiger partial charge in [0.25, 0.3) is 0 Å². The van der Waals surface area contributed by atoms with Crippen LogP contribution in [0.15, 0.2) is 18.2 Å². The summed E-state index contributed by atoms with van der Waals surface area (Å²) in [5, 5.41) is 0.688. The van der Waals surface area contributed by atoms with Gasteiger partial charge in [-0.25, -0.2) is 4.39 Å². The Bertz CT molecular complexity index is 341. The third-order valence-corrected chi connectivity index (χ3v) is 3.56. The van der Waals surface area contributed by atoms with Gasteiger partial charge in [-0.3, -0.25) is 0 Å². The Morgan fingerprint density at radius 3 is 2.56 bits per heavy atom. The molecule has 0 aliphatic carbocycles. The molecule has 1 aromatic rings. The van der Waals surface area contributed by atoms with E-state index in [1.807, 2.05) is 6.07 Å². The normalized spacial score (nSPS) is 12.6. The molecule has 0 amide bonds. The van der Waals surface area contributed by atoms with E-state index in [1.54, 1.807) is 6.07 Å². The summed E-state index contributed by atoms with van der Waals surface area (Å²) < 4.78 is 13.1. The molecule has 16 heavy (non-hydrogen) atoms. The number of alkyl halides is 1. The molecular weight excluding hydrogens is 269 g/mol. The quantitative estimate of drug-likeness (QED) is 0.728. The second-order valence-electron chi connectivity index (χ2n) is 3.95. The first-order valence-corrected chi connectivity index (χ1v) is 6.87. The van der Waals surface area contributed by atoms with Crippen molar-refractivity contribution >= 4 is 21.6 Å². The molecule has 0 aliphatic rings. The minimum absolute atomic E-state index is 0.168. The van der Waals surface area contributed by atoms with Gasteiger partial charge in [-0.05, 0) is 44.0 Å². The van der Waals surface area contributed by atoms with Crippen LogP contribution >= 0.6 is 15.9 Å². The third kappa shape index (κ3) is 2.97. The summed E-state index contributed by atoms with van der Waals surface area (Å²) in [5.74, 6) is -0.168. The van der Waals surface area contributed by atoms with Crippen molar-refractivity contribution in [1.82, 2.24) is 0 Å². The molecule has 0 aliphatic heterocycles. The lowest BCUT2D eigenvalue weighted by Crippen LogP contribution is -2.33. The van der Waals surface area contributed by atoms with E-state index < -0.39 is 0 Å². The number of rotatable bonds is 5. The average Bonchev–Trinajstić information content (AvgIpc) is 2.31. The highest BCUT2D eigenvalue weighted by Gasteiger charge is 2.14. The Labute approximate surface area is 106 Å². The first-order chi connectivity index (χ1) is 7.63. The maximum atomic E-state index is 13.1. The van der Waals surface area contributed by atoms with Gasteiger partial charge in [0, 0.05) is 23.6 Å². The van der Waals surface area contributed by atoms with Gasteiger partial charge in [-0.15, -0.1) is 0 Å². The predicted octanol–water partition coefficient (Wildman–Crippen LogP) is 4.35. The topological polar surface area (TPSA) is 3.24 Å². The van der Waals surface area contributed by atoms with Crippen molar-refractivity contribution in [2.24, 2.45) is 0 Å². The second-order valence-corrected chi connectivity index (χ2v) is 4.51. The Balaban J connectivity index is 3.08. The van der Waals surface area contributed by atoms with E-state index >= 15 is 0 Å². The monoisotopic (exact) mass is 287 g/mol. The highest BCUT2D eigenvalue weighted by atomic mass is 79.9. The number of halogens is 2. The molecule has 0 saturated carbocycles. The summed E-state index contributed by atoms with van der Waals surface area (Å²) in [6.45, 7) is 7.45. The molecule has 0 aromatic heterocycles. The molecule has 0 fully saturated rings. The van der Waals surface area contributed by atoms with Crippen molar-refractivity contribution < 1.29 is 4.39 Å². The molecule has 0 bridgehead atoms. The molecule has 0 heterocycles. The molecule has 0 saturated heterocycles. The molecule has 0 radical (unpaired) electrons. The number of hydrogen-bond acceptors (Lipinski definition) is 1. The van der Waals surface area contributed by atoms with Crippen LogP contribution in [0.1, 0.15) is 32.8 Å². The van der Waals surface area contributed by atoms with Crippen LogP contribution in [-0.2, 0) is 5.33 Å². The molecular formula is C13H19BrFN. The molecule has 0 N–H and O–H groups in total. The maximum Gasteiger partial charge on any atom is 0.123 e. The lowest BCUT2D eigenvalue weighted by Gasteiger charge is -2.31. The smallest absolute Gasteiger partial charge is 0.123 e. The van der Waals surface area contributed by atoms with Crippen LogP contribution in [0.4, 0.5) is 10.1 Å². The van der Waals surface area contributed by atoms with E-state index in [1.165, 1.54) is 6.07 Å². The molecule has 3 heteroatoms. The van der Waals surface area contributed by atoms with Crippen LogP contribution in [0.3, 0.4) is 0 Å². The Hall–Kier alpha value is -0.570. The van der Waals surface area contributed by atoms with Gasteiger partial charge in [0.1, 0.15) is 5.82 Å². The maximum absolute atomic E-state index is 13.1. The van der Waals surface area contributed by atoms with Crippen molar-refractivity contribution in [3.63, 3.8) is 0 Å². The van der Waals surface area contributed by atoms with Gasteiger partial charge < -0.3 is 4.90 Å². The van der Waals surface area contributed by atoms with Crippen molar-refractivity contribution in [1.29, 1.82) is 0 Å². The van der Waals surface area contributed by atoms with Gasteiger partial charge in [-0.2, -0.15) is 0 Å². The summed E-state index contributed by atoms with van der Waals surface area (Å²) >= 11 is 3.42. The zero-order chi connectivity index (χ0) is 12.1. The molecule has 1 atom stereocenters. The average molecular weight is 288 g/mol. The van der Waals surface area contributed by atoms with Gasteiger partial charge in [0.2, 0.25) is 0 Å². The first-order valence-electron chi connectivity index (χ1n) is 5.75. The molecule has 1 unspecified atom stereocenters. The summed E-state index contributed by atoms with van der Waals surface area (Å²) in [4.78, 5) is 2.32. The fourth-order valence-corrected chi connectivity index (χ4v) is 2.33. The van der Waals surface area contributed by atoms with E-state index in [0.717, 1.165) is 24.2 Å². The van der Waals surface area contributed by atoms with Crippen LogP contribution in [0.5, 0.6) is 0 Å². The van der Waals surface area contributed by atoms with Crippen molar-refractivity contribution in [3.05, 3.63) is 29.6 Å². The SMILES string of the molecule is CCC(C)N(CC)c1ccc(F)cc1CBr. The van der Waals surface area contributed by atoms with Gasteiger partial charge in [0.05, 0.1) is 0 Å². The molecule has 90 valence electrons. The van der Waals surface area contributed by atoms with Crippen LogP contribution in [0, 0.1) is 5.82 Å². The van der Waals surface area contributed by atoms with Crippen LogP contribution in [0.2, 0.25) is 0 Å². The summed E-state index contributed by atoms with van der Waals surface area (Å²) in [6.07, 6.45) is 1.09. The van der Waals surface area contributed by atoms with E-state index in [4.69, 9.17) is 0 Å². The summed E-state index contributed by atoms with van der Waals surface area (Å²) in [6, 6.07) is 5.50. The number of nitrogens with zero attached hydrogens (tertiary/aromatic N) is 1. The predicted molar refractivity (Wildman–Crippen MR) is 71.8 cm³/mol. The minimum Gasteiger partial charge on any atom is -0.369 e. The lowest BCUT2D eigenvalue weighted by molar-refractivity contribution is 0.615.